The van der Waals surface area contributed by atoms with Crippen molar-refractivity contribution in [2.45, 2.75) is 25.4 Å². The average Bonchev–Trinajstić information content (AvgIpc) is 3.33. The second kappa shape index (κ2) is 7.54. The van der Waals surface area contributed by atoms with E-state index in [9.17, 15) is 9.90 Å². The molecule has 0 spiro atoms. The maximum atomic E-state index is 12.7. The average molecular weight is 368 g/mol. The monoisotopic (exact) mass is 368 g/mol. The number of rotatable bonds is 5. The number of nitrogens with zero attached hydrogens (tertiary/aromatic N) is 6. The van der Waals surface area contributed by atoms with Crippen LogP contribution >= 0.6 is 0 Å². The van der Waals surface area contributed by atoms with Gasteiger partial charge in [-0.05, 0) is 47.5 Å². The summed E-state index contributed by atoms with van der Waals surface area (Å²) in [6.45, 7) is 2.45. The van der Waals surface area contributed by atoms with Crippen LogP contribution in [0.1, 0.15) is 28.8 Å². The second-order valence-electron chi connectivity index (χ2n) is 6.60. The molecule has 1 fully saturated rings. The molecule has 0 aliphatic carbocycles. The zero-order valence-corrected chi connectivity index (χ0v) is 14.6. The number of nitrogens with one attached hydrogen (secondary N) is 2. The fourth-order valence-corrected chi connectivity index (χ4v) is 3.38. The van der Waals surface area contributed by atoms with Crippen LogP contribution < -0.4 is 5.32 Å². The molecule has 2 aromatic heterocycles. The van der Waals surface area contributed by atoms with Crippen LogP contribution in [0.4, 0.5) is 0 Å². The van der Waals surface area contributed by atoms with Crippen LogP contribution in [0.3, 0.4) is 0 Å². The first-order valence-corrected chi connectivity index (χ1v) is 8.77. The van der Waals surface area contributed by atoms with Gasteiger partial charge < -0.3 is 10.4 Å². The smallest absolute Gasteiger partial charge is 0.257 e. The lowest BCUT2D eigenvalue weighted by atomic mass is 10.0. The molecule has 4 rings (SSSR count). The normalized spacial score (nSPS) is 17.7. The zero-order chi connectivity index (χ0) is 18.6. The highest BCUT2D eigenvalue weighted by atomic mass is 16.3. The Hall–Kier alpha value is -3.27. The molecule has 1 amide bonds. The molecule has 0 bridgehead atoms. The van der Waals surface area contributed by atoms with E-state index >= 15 is 0 Å². The van der Waals surface area contributed by atoms with Gasteiger partial charge in [-0.15, -0.1) is 5.10 Å². The van der Waals surface area contributed by atoms with Gasteiger partial charge in [-0.1, -0.05) is 12.1 Å². The predicted molar refractivity (Wildman–Crippen MR) is 95.2 cm³/mol. The third-order valence-electron chi connectivity index (χ3n) is 4.60. The van der Waals surface area contributed by atoms with Crippen LogP contribution in [0.2, 0.25) is 0 Å². The number of carbonyl (C=O) groups is 1. The predicted octanol–water partition coefficient (Wildman–Crippen LogP) is 0.485. The van der Waals surface area contributed by atoms with Crippen molar-refractivity contribution in [2.24, 2.45) is 0 Å². The van der Waals surface area contributed by atoms with Crippen LogP contribution in [0, 0.1) is 0 Å². The van der Waals surface area contributed by atoms with E-state index in [0.717, 1.165) is 38.0 Å². The van der Waals surface area contributed by atoms with Gasteiger partial charge in [0.1, 0.15) is 17.6 Å². The Kier molecular flexibility index (Phi) is 4.79. The summed E-state index contributed by atoms with van der Waals surface area (Å²) in [5, 5.41) is 30.3. The molecule has 1 unspecified atom stereocenters. The SMILES string of the molecule is O=C(NC1CCCN(Cc2cccc(O)c2)C1)c1cn[nH]c1-n1cnnn1. The largest absolute Gasteiger partial charge is 0.508 e. The molecule has 0 radical (unpaired) electrons. The number of likely N-dealkylation sites (tertiary alicyclic amines) is 1. The number of aromatic hydroxyl groups is 1. The Balaban J connectivity index is 1.39. The van der Waals surface area contributed by atoms with Crippen LogP contribution in [-0.2, 0) is 6.54 Å². The summed E-state index contributed by atoms with van der Waals surface area (Å²) in [6.07, 6.45) is 4.79. The molecule has 1 aliphatic heterocycles. The first-order chi connectivity index (χ1) is 13.2. The van der Waals surface area contributed by atoms with Crippen molar-refractivity contribution in [3.63, 3.8) is 0 Å². The molecule has 1 aromatic carbocycles. The van der Waals surface area contributed by atoms with E-state index in [-0.39, 0.29) is 17.7 Å². The Morgan fingerprint density at radius 3 is 3.15 bits per heavy atom. The van der Waals surface area contributed by atoms with Crippen molar-refractivity contribution in [2.75, 3.05) is 13.1 Å². The van der Waals surface area contributed by atoms with Crippen LogP contribution in [0.25, 0.3) is 5.82 Å². The highest BCUT2D eigenvalue weighted by Gasteiger charge is 2.24. The van der Waals surface area contributed by atoms with E-state index in [0.29, 0.717) is 11.4 Å². The minimum atomic E-state index is -0.210. The van der Waals surface area contributed by atoms with Gasteiger partial charge in [0.25, 0.3) is 5.91 Å². The number of phenols is 1. The number of amides is 1. The Bertz CT molecular complexity index is 907. The standard InChI is InChI=1S/C17H20N8O2/c26-14-5-1-3-12(7-14)9-24-6-2-4-13(10-24)20-17(27)15-8-18-21-16(15)25-11-19-22-23-25/h1,3,5,7-8,11,13,26H,2,4,6,9-10H2,(H,18,21)(H,20,27). The third kappa shape index (κ3) is 3.95. The van der Waals surface area contributed by atoms with Gasteiger partial charge in [0.05, 0.1) is 6.20 Å². The molecule has 1 saturated heterocycles. The summed E-state index contributed by atoms with van der Waals surface area (Å²) in [5.74, 6) is 0.493. The zero-order valence-electron chi connectivity index (χ0n) is 14.6. The molecule has 10 nitrogen and oxygen atoms in total. The van der Waals surface area contributed by atoms with Gasteiger partial charge in [0.15, 0.2) is 5.82 Å². The number of H-pyrrole nitrogens is 1. The molecule has 3 N–H and O–H groups in total. The van der Waals surface area contributed by atoms with Crippen LogP contribution in [0.15, 0.2) is 36.8 Å². The summed E-state index contributed by atoms with van der Waals surface area (Å²) in [6, 6.07) is 7.31. The number of benzene rings is 1. The number of tetrazole rings is 1. The fraction of sp³-hybridized carbons (Fsp3) is 0.353. The minimum absolute atomic E-state index is 0.0418. The maximum absolute atomic E-state index is 12.7. The number of hydrogen-bond acceptors (Lipinski definition) is 7. The van der Waals surface area contributed by atoms with Gasteiger partial charge >= 0.3 is 0 Å². The van der Waals surface area contributed by atoms with E-state index in [2.05, 4.69) is 35.9 Å². The molecule has 140 valence electrons. The van der Waals surface area contributed by atoms with Crippen molar-refractivity contribution >= 4 is 5.91 Å². The van der Waals surface area contributed by atoms with Gasteiger partial charge in [-0.25, -0.2) is 0 Å². The van der Waals surface area contributed by atoms with Gasteiger partial charge in [-0.2, -0.15) is 9.78 Å². The van der Waals surface area contributed by atoms with Crippen molar-refractivity contribution in [1.29, 1.82) is 0 Å². The van der Waals surface area contributed by atoms with Crippen molar-refractivity contribution in [1.82, 2.24) is 40.6 Å². The summed E-state index contributed by atoms with van der Waals surface area (Å²) in [4.78, 5) is 15.0. The fourth-order valence-electron chi connectivity index (χ4n) is 3.38. The molecular formula is C17H20N8O2. The van der Waals surface area contributed by atoms with Gasteiger partial charge in [0.2, 0.25) is 0 Å². The lowest BCUT2D eigenvalue weighted by Crippen LogP contribution is -2.47. The lowest BCUT2D eigenvalue weighted by Gasteiger charge is -2.33. The van der Waals surface area contributed by atoms with E-state index in [1.165, 1.54) is 17.2 Å². The summed E-state index contributed by atoms with van der Waals surface area (Å²) in [7, 11) is 0. The highest BCUT2D eigenvalue weighted by molar-refractivity contribution is 5.97. The van der Waals surface area contributed by atoms with Crippen molar-refractivity contribution < 1.29 is 9.90 Å². The molecule has 10 heteroatoms. The van der Waals surface area contributed by atoms with Crippen LogP contribution in [0.5, 0.6) is 5.75 Å². The Labute approximate surface area is 155 Å². The van der Waals surface area contributed by atoms with Crippen molar-refractivity contribution in [3.05, 3.63) is 47.9 Å². The van der Waals surface area contributed by atoms with E-state index < -0.39 is 0 Å². The first-order valence-electron chi connectivity index (χ1n) is 8.77. The highest BCUT2D eigenvalue weighted by Crippen LogP contribution is 2.17. The Morgan fingerprint density at radius 2 is 2.33 bits per heavy atom. The minimum Gasteiger partial charge on any atom is -0.508 e. The summed E-state index contributed by atoms with van der Waals surface area (Å²) < 4.78 is 1.37. The first kappa shape index (κ1) is 17.2. The Morgan fingerprint density at radius 1 is 1.41 bits per heavy atom. The quantitative estimate of drug-likeness (QED) is 0.598. The summed E-state index contributed by atoms with van der Waals surface area (Å²) >= 11 is 0. The molecular weight excluding hydrogens is 348 g/mol. The molecule has 1 atom stereocenters. The second-order valence-corrected chi connectivity index (χ2v) is 6.60. The maximum Gasteiger partial charge on any atom is 0.257 e. The molecule has 0 saturated carbocycles. The number of phenolic OH excluding ortho intramolecular Hbond substituents is 1. The molecule has 3 aromatic rings. The molecule has 3 heterocycles. The van der Waals surface area contributed by atoms with E-state index in [1.807, 2.05) is 12.1 Å². The van der Waals surface area contributed by atoms with Crippen LogP contribution in [-0.4, -0.2) is 65.4 Å². The molecule has 27 heavy (non-hydrogen) atoms. The third-order valence-corrected chi connectivity index (χ3v) is 4.60. The van der Waals surface area contributed by atoms with E-state index in [1.54, 1.807) is 12.1 Å². The van der Waals surface area contributed by atoms with E-state index in [4.69, 9.17) is 0 Å². The van der Waals surface area contributed by atoms with Crippen molar-refractivity contribution in [3.8, 4) is 11.6 Å². The molecule has 1 aliphatic rings. The number of aromatic nitrogens is 6. The lowest BCUT2D eigenvalue weighted by molar-refractivity contribution is 0.0900. The number of aromatic amines is 1. The topological polar surface area (TPSA) is 125 Å². The summed E-state index contributed by atoms with van der Waals surface area (Å²) in [5.41, 5.74) is 1.45. The van der Waals surface area contributed by atoms with Gasteiger partial charge in [-0.3, -0.25) is 14.8 Å². The van der Waals surface area contributed by atoms with Gasteiger partial charge in [0, 0.05) is 19.1 Å². The number of hydrogen-bond donors (Lipinski definition) is 3. The number of piperidine rings is 1. The number of carbonyl (C=O) groups excluding carboxylic acids is 1.